The lowest BCUT2D eigenvalue weighted by atomic mass is 10.1. The predicted octanol–water partition coefficient (Wildman–Crippen LogP) is 5.25. The van der Waals surface area contributed by atoms with E-state index in [4.69, 9.17) is 4.42 Å². The Morgan fingerprint density at radius 1 is 0.967 bits per heavy atom. The number of halogens is 2. The van der Waals surface area contributed by atoms with Crippen LogP contribution >= 0.6 is 0 Å². The first-order valence-corrected chi connectivity index (χ1v) is 9.28. The second-order valence-corrected chi connectivity index (χ2v) is 6.65. The van der Waals surface area contributed by atoms with Crippen molar-refractivity contribution in [2.75, 3.05) is 5.32 Å². The Labute approximate surface area is 171 Å². The molecule has 7 heteroatoms. The van der Waals surface area contributed by atoms with E-state index in [-0.39, 0.29) is 29.8 Å². The van der Waals surface area contributed by atoms with Gasteiger partial charge in [0.25, 0.3) is 0 Å². The van der Waals surface area contributed by atoms with Crippen molar-refractivity contribution < 1.29 is 18.0 Å². The maximum absolute atomic E-state index is 13.3. The molecule has 0 radical (unpaired) electrons. The summed E-state index contributed by atoms with van der Waals surface area (Å²) >= 11 is 0. The van der Waals surface area contributed by atoms with E-state index in [1.54, 1.807) is 30.3 Å². The molecule has 2 heterocycles. The zero-order chi connectivity index (χ0) is 20.9. The monoisotopic (exact) mass is 405 g/mol. The number of aromatic nitrogens is 2. The third-order valence-corrected chi connectivity index (χ3v) is 4.48. The Morgan fingerprint density at radius 3 is 2.53 bits per heavy atom. The van der Waals surface area contributed by atoms with Gasteiger partial charge in [-0.3, -0.25) is 9.78 Å². The summed E-state index contributed by atoms with van der Waals surface area (Å²) in [7, 11) is 0. The lowest BCUT2D eigenvalue weighted by molar-refractivity contribution is -0.116. The fraction of sp³-hybridized carbons (Fsp3) is 0.0870. The molecule has 4 rings (SSSR count). The van der Waals surface area contributed by atoms with Crippen molar-refractivity contribution in [3.05, 3.63) is 90.5 Å². The lowest BCUT2D eigenvalue weighted by Gasteiger charge is -2.10. The van der Waals surface area contributed by atoms with Crippen molar-refractivity contribution in [1.29, 1.82) is 0 Å². The van der Waals surface area contributed by atoms with Crippen LogP contribution in [0.3, 0.4) is 0 Å². The zero-order valence-corrected chi connectivity index (χ0v) is 15.8. The molecule has 30 heavy (non-hydrogen) atoms. The Bertz CT molecular complexity index is 1160. The molecule has 2 aromatic heterocycles. The summed E-state index contributed by atoms with van der Waals surface area (Å²) in [6.45, 7) is 0. The molecule has 5 nitrogen and oxygen atoms in total. The summed E-state index contributed by atoms with van der Waals surface area (Å²) in [6.07, 6.45) is 5.05. The van der Waals surface area contributed by atoms with Crippen LogP contribution in [0.2, 0.25) is 0 Å². The van der Waals surface area contributed by atoms with Gasteiger partial charge in [0.15, 0.2) is 5.82 Å². The molecule has 0 bridgehead atoms. The van der Waals surface area contributed by atoms with Gasteiger partial charge in [-0.15, -0.1) is 0 Å². The largest absolute Gasteiger partial charge is 0.472 e. The predicted molar refractivity (Wildman–Crippen MR) is 108 cm³/mol. The number of anilines is 1. The van der Waals surface area contributed by atoms with Gasteiger partial charge in [0, 0.05) is 17.5 Å². The molecule has 1 N–H and O–H groups in total. The van der Waals surface area contributed by atoms with Crippen molar-refractivity contribution in [3.63, 3.8) is 0 Å². The fourth-order valence-electron chi connectivity index (χ4n) is 3.02. The number of nitrogens with zero attached hydrogens (tertiary/aromatic N) is 2. The van der Waals surface area contributed by atoms with E-state index in [0.717, 1.165) is 5.56 Å². The first kappa shape index (κ1) is 19.4. The third-order valence-electron chi connectivity index (χ3n) is 4.48. The molecule has 150 valence electrons. The van der Waals surface area contributed by atoms with Gasteiger partial charge in [-0.1, -0.05) is 12.1 Å². The van der Waals surface area contributed by atoms with E-state index < -0.39 is 0 Å². The minimum Gasteiger partial charge on any atom is -0.472 e. The van der Waals surface area contributed by atoms with Crippen LogP contribution in [-0.4, -0.2) is 15.9 Å². The van der Waals surface area contributed by atoms with Crippen molar-refractivity contribution in [2.45, 2.75) is 12.8 Å². The average Bonchev–Trinajstić information content (AvgIpc) is 3.28. The third kappa shape index (κ3) is 4.57. The highest BCUT2D eigenvalue weighted by Crippen LogP contribution is 2.30. The Balaban J connectivity index is 1.55. The molecule has 0 aliphatic rings. The van der Waals surface area contributed by atoms with Crippen molar-refractivity contribution >= 4 is 11.7 Å². The van der Waals surface area contributed by atoms with Crippen molar-refractivity contribution in [3.8, 4) is 22.5 Å². The average molecular weight is 405 g/mol. The van der Waals surface area contributed by atoms with Gasteiger partial charge in [-0.2, -0.15) is 0 Å². The maximum Gasteiger partial charge on any atom is 0.225 e. The Kier molecular flexibility index (Phi) is 5.61. The van der Waals surface area contributed by atoms with Crippen LogP contribution < -0.4 is 5.32 Å². The highest BCUT2D eigenvalue weighted by Gasteiger charge is 2.15. The SMILES string of the molecule is O=C(CCc1cccc(F)c1)Nc1cnc(-c2ccc(F)cc2)c(-c2ccoc2)n1. The van der Waals surface area contributed by atoms with Gasteiger partial charge in [0.05, 0.1) is 24.4 Å². The zero-order valence-electron chi connectivity index (χ0n) is 15.8. The van der Waals surface area contributed by atoms with E-state index in [0.29, 0.717) is 28.9 Å². The second kappa shape index (κ2) is 8.65. The molecule has 4 aromatic rings. The first-order chi connectivity index (χ1) is 14.6. The minimum absolute atomic E-state index is 0.173. The number of nitrogens with one attached hydrogen (secondary N) is 1. The smallest absolute Gasteiger partial charge is 0.225 e. The van der Waals surface area contributed by atoms with Gasteiger partial charge in [-0.05, 0) is 54.4 Å². The molecular formula is C23H17F2N3O2. The standard InChI is InChI=1S/C23H17F2N3O2/c24-18-7-5-16(6-8-18)22-23(17-10-11-30-14-17)28-20(13-26-22)27-21(29)9-4-15-2-1-3-19(25)12-15/h1-3,5-8,10-14H,4,9H2,(H,27,28,29). The molecule has 0 spiro atoms. The van der Waals surface area contributed by atoms with E-state index >= 15 is 0 Å². The molecule has 0 aliphatic carbocycles. The van der Waals surface area contributed by atoms with Crippen molar-refractivity contribution in [1.82, 2.24) is 9.97 Å². The quantitative estimate of drug-likeness (QED) is 0.476. The number of rotatable bonds is 6. The van der Waals surface area contributed by atoms with Crippen LogP contribution in [0.1, 0.15) is 12.0 Å². The molecule has 0 atom stereocenters. The summed E-state index contributed by atoms with van der Waals surface area (Å²) in [5.41, 5.74) is 3.14. The summed E-state index contributed by atoms with van der Waals surface area (Å²) in [4.78, 5) is 21.3. The number of furan rings is 1. The Hall–Kier alpha value is -3.87. The lowest BCUT2D eigenvalue weighted by Crippen LogP contribution is -2.14. The summed E-state index contributed by atoms with van der Waals surface area (Å²) in [5.74, 6) is -0.666. The number of hydrogen-bond donors (Lipinski definition) is 1. The molecule has 1 amide bonds. The normalized spacial score (nSPS) is 10.7. The number of carbonyl (C=O) groups excluding carboxylic acids is 1. The van der Waals surface area contributed by atoms with E-state index in [1.807, 2.05) is 0 Å². The van der Waals surface area contributed by atoms with E-state index in [2.05, 4.69) is 15.3 Å². The molecule has 0 fully saturated rings. The molecular weight excluding hydrogens is 388 g/mol. The van der Waals surface area contributed by atoms with Crippen LogP contribution in [0, 0.1) is 11.6 Å². The number of carbonyl (C=O) groups is 1. The number of hydrogen-bond acceptors (Lipinski definition) is 4. The summed E-state index contributed by atoms with van der Waals surface area (Å²) in [6, 6.07) is 13.8. The van der Waals surface area contributed by atoms with Crippen LogP contribution in [0.25, 0.3) is 22.5 Å². The van der Waals surface area contributed by atoms with Gasteiger partial charge in [0.2, 0.25) is 5.91 Å². The second-order valence-electron chi connectivity index (χ2n) is 6.65. The molecule has 2 aromatic carbocycles. The van der Waals surface area contributed by atoms with E-state index in [1.165, 1.54) is 43.0 Å². The molecule has 0 aliphatic heterocycles. The first-order valence-electron chi connectivity index (χ1n) is 9.28. The maximum atomic E-state index is 13.3. The van der Waals surface area contributed by atoms with Crippen LogP contribution in [0.5, 0.6) is 0 Å². The van der Waals surface area contributed by atoms with Crippen LogP contribution in [0.4, 0.5) is 14.6 Å². The van der Waals surface area contributed by atoms with Crippen molar-refractivity contribution in [2.24, 2.45) is 0 Å². The highest BCUT2D eigenvalue weighted by atomic mass is 19.1. The van der Waals surface area contributed by atoms with E-state index in [9.17, 15) is 13.6 Å². The molecule has 0 saturated carbocycles. The van der Waals surface area contributed by atoms with Gasteiger partial charge >= 0.3 is 0 Å². The number of benzene rings is 2. The van der Waals surface area contributed by atoms with Crippen LogP contribution in [-0.2, 0) is 11.2 Å². The fourth-order valence-corrected chi connectivity index (χ4v) is 3.02. The number of amides is 1. The van der Waals surface area contributed by atoms with Gasteiger partial charge in [-0.25, -0.2) is 13.8 Å². The van der Waals surface area contributed by atoms with Gasteiger partial charge in [0.1, 0.15) is 17.3 Å². The highest BCUT2D eigenvalue weighted by molar-refractivity contribution is 5.90. The summed E-state index contributed by atoms with van der Waals surface area (Å²) < 4.78 is 31.7. The van der Waals surface area contributed by atoms with Gasteiger partial charge < -0.3 is 9.73 Å². The Morgan fingerprint density at radius 2 is 1.80 bits per heavy atom. The van der Waals surface area contributed by atoms with Crippen LogP contribution in [0.15, 0.2) is 77.7 Å². The molecule has 0 unspecified atom stereocenters. The minimum atomic E-state index is -0.348. The molecule has 0 saturated heterocycles. The number of aryl methyl sites for hydroxylation is 1. The topological polar surface area (TPSA) is 68.0 Å². The summed E-state index contributed by atoms with van der Waals surface area (Å²) in [5, 5.41) is 2.72.